The SMILES string of the molecule is CCC(CCO)Nc1ccc(C(F)(F)F)cc1C(=O)O. The number of halogens is 3. The van der Waals surface area contributed by atoms with Crippen molar-refractivity contribution in [2.75, 3.05) is 11.9 Å². The van der Waals surface area contributed by atoms with E-state index >= 15 is 0 Å². The summed E-state index contributed by atoms with van der Waals surface area (Å²) in [4.78, 5) is 11.1. The normalized spacial score (nSPS) is 13.1. The van der Waals surface area contributed by atoms with E-state index in [0.717, 1.165) is 12.1 Å². The van der Waals surface area contributed by atoms with Crippen LogP contribution < -0.4 is 5.32 Å². The molecule has 3 N–H and O–H groups in total. The van der Waals surface area contributed by atoms with Crippen LogP contribution in [0.4, 0.5) is 18.9 Å². The van der Waals surface area contributed by atoms with Gasteiger partial charge in [0.2, 0.25) is 0 Å². The molecule has 0 aliphatic rings. The van der Waals surface area contributed by atoms with Crippen molar-refractivity contribution in [3.8, 4) is 0 Å². The molecule has 0 spiro atoms. The molecule has 0 fully saturated rings. The third kappa shape index (κ3) is 4.12. The van der Waals surface area contributed by atoms with Gasteiger partial charge in [0.05, 0.1) is 11.1 Å². The number of nitrogens with one attached hydrogen (secondary N) is 1. The number of rotatable bonds is 6. The predicted molar refractivity (Wildman–Crippen MR) is 67.8 cm³/mol. The standard InChI is InChI=1S/C13H16F3NO3/c1-2-9(5-6-18)17-11-4-3-8(13(14,15)16)7-10(11)12(19)20/h3-4,7,9,17-18H,2,5-6H2,1H3,(H,19,20). The Morgan fingerprint density at radius 1 is 1.40 bits per heavy atom. The van der Waals surface area contributed by atoms with Crippen LogP contribution in [-0.2, 0) is 6.18 Å². The van der Waals surface area contributed by atoms with Crippen LogP contribution in [0.1, 0.15) is 35.7 Å². The van der Waals surface area contributed by atoms with Gasteiger partial charge in [-0.2, -0.15) is 13.2 Å². The van der Waals surface area contributed by atoms with E-state index in [1.807, 2.05) is 6.92 Å². The van der Waals surface area contributed by atoms with Crippen LogP contribution in [0.2, 0.25) is 0 Å². The summed E-state index contributed by atoms with van der Waals surface area (Å²) in [6.07, 6.45) is -3.59. The van der Waals surface area contributed by atoms with Gasteiger partial charge in [-0.3, -0.25) is 0 Å². The number of anilines is 1. The van der Waals surface area contributed by atoms with E-state index < -0.39 is 23.3 Å². The molecule has 1 aromatic carbocycles. The smallest absolute Gasteiger partial charge is 0.416 e. The lowest BCUT2D eigenvalue weighted by Crippen LogP contribution is -2.21. The van der Waals surface area contributed by atoms with E-state index in [4.69, 9.17) is 10.2 Å². The minimum absolute atomic E-state index is 0.0887. The highest BCUT2D eigenvalue weighted by Crippen LogP contribution is 2.32. The average molecular weight is 291 g/mol. The lowest BCUT2D eigenvalue weighted by molar-refractivity contribution is -0.137. The quantitative estimate of drug-likeness (QED) is 0.753. The number of aliphatic hydroxyl groups is 1. The van der Waals surface area contributed by atoms with Gasteiger partial charge in [0.1, 0.15) is 0 Å². The van der Waals surface area contributed by atoms with Gasteiger partial charge in [0.25, 0.3) is 0 Å². The first-order valence-electron chi connectivity index (χ1n) is 6.11. The summed E-state index contributed by atoms with van der Waals surface area (Å²) < 4.78 is 37.7. The number of carboxylic acid groups (broad SMARTS) is 1. The highest BCUT2D eigenvalue weighted by atomic mass is 19.4. The Hall–Kier alpha value is -1.76. The molecule has 0 saturated carbocycles. The number of aliphatic hydroxyl groups excluding tert-OH is 1. The number of aromatic carboxylic acids is 1. The minimum atomic E-state index is -4.59. The van der Waals surface area contributed by atoms with Crippen molar-refractivity contribution in [1.82, 2.24) is 0 Å². The Kier molecular flexibility index (Phi) is 5.38. The van der Waals surface area contributed by atoms with Crippen molar-refractivity contribution >= 4 is 11.7 Å². The Morgan fingerprint density at radius 2 is 2.05 bits per heavy atom. The average Bonchev–Trinajstić information content (AvgIpc) is 2.36. The molecule has 0 radical (unpaired) electrons. The second kappa shape index (κ2) is 6.60. The second-order valence-electron chi connectivity index (χ2n) is 4.33. The van der Waals surface area contributed by atoms with Crippen LogP contribution in [0.3, 0.4) is 0 Å². The third-order valence-electron chi connectivity index (χ3n) is 2.91. The Balaban J connectivity index is 3.10. The molecule has 1 atom stereocenters. The van der Waals surface area contributed by atoms with Gasteiger partial charge in [-0.1, -0.05) is 6.92 Å². The predicted octanol–water partition coefficient (Wildman–Crippen LogP) is 2.98. The van der Waals surface area contributed by atoms with E-state index in [2.05, 4.69) is 5.32 Å². The minimum Gasteiger partial charge on any atom is -0.478 e. The fraction of sp³-hybridized carbons (Fsp3) is 0.462. The van der Waals surface area contributed by atoms with Gasteiger partial charge >= 0.3 is 12.1 Å². The maximum absolute atomic E-state index is 12.6. The maximum atomic E-state index is 12.6. The number of benzene rings is 1. The largest absolute Gasteiger partial charge is 0.478 e. The first-order valence-corrected chi connectivity index (χ1v) is 6.11. The van der Waals surface area contributed by atoms with E-state index in [-0.39, 0.29) is 18.3 Å². The van der Waals surface area contributed by atoms with Crippen molar-refractivity contribution in [3.63, 3.8) is 0 Å². The second-order valence-corrected chi connectivity index (χ2v) is 4.33. The first kappa shape index (κ1) is 16.3. The van der Waals surface area contributed by atoms with E-state index in [1.54, 1.807) is 0 Å². The summed E-state index contributed by atoms with van der Waals surface area (Å²) in [5.74, 6) is -1.43. The highest BCUT2D eigenvalue weighted by Gasteiger charge is 2.32. The number of hydrogen-bond donors (Lipinski definition) is 3. The number of hydrogen-bond acceptors (Lipinski definition) is 3. The molecule has 0 aromatic heterocycles. The van der Waals surface area contributed by atoms with Gasteiger partial charge in [-0.25, -0.2) is 4.79 Å². The van der Waals surface area contributed by atoms with E-state index in [1.165, 1.54) is 0 Å². The topological polar surface area (TPSA) is 69.6 Å². The molecule has 1 rings (SSSR count). The zero-order valence-corrected chi connectivity index (χ0v) is 10.9. The highest BCUT2D eigenvalue weighted by molar-refractivity contribution is 5.94. The van der Waals surface area contributed by atoms with Crippen LogP contribution in [0, 0.1) is 0 Å². The molecular formula is C13H16F3NO3. The molecule has 4 nitrogen and oxygen atoms in total. The lowest BCUT2D eigenvalue weighted by atomic mass is 10.1. The molecule has 7 heteroatoms. The molecule has 0 aliphatic heterocycles. The van der Waals surface area contributed by atoms with Crippen molar-refractivity contribution in [2.45, 2.75) is 32.0 Å². The molecule has 20 heavy (non-hydrogen) atoms. The summed E-state index contributed by atoms with van der Waals surface area (Å²) >= 11 is 0. The molecule has 112 valence electrons. The lowest BCUT2D eigenvalue weighted by Gasteiger charge is -2.19. The molecule has 0 heterocycles. The molecule has 0 bridgehead atoms. The van der Waals surface area contributed by atoms with Gasteiger partial charge in [0.15, 0.2) is 0 Å². The van der Waals surface area contributed by atoms with Crippen molar-refractivity contribution in [2.24, 2.45) is 0 Å². The van der Waals surface area contributed by atoms with Crippen molar-refractivity contribution < 1.29 is 28.2 Å². The number of carbonyl (C=O) groups is 1. The van der Waals surface area contributed by atoms with Crippen LogP contribution in [0.5, 0.6) is 0 Å². The molecule has 0 amide bonds. The van der Waals surface area contributed by atoms with Crippen LogP contribution >= 0.6 is 0 Å². The zero-order chi connectivity index (χ0) is 15.3. The van der Waals surface area contributed by atoms with Gasteiger partial charge in [-0.15, -0.1) is 0 Å². The van der Waals surface area contributed by atoms with Gasteiger partial charge in [-0.05, 0) is 31.0 Å². The summed E-state index contributed by atoms with van der Waals surface area (Å²) in [6.45, 7) is 1.74. The van der Waals surface area contributed by atoms with Gasteiger partial charge in [0, 0.05) is 18.3 Å². The summed E-state index contributed by atoms with van der Waals surface area (Å²) in [5.41, 5.74) is -1.32. The van der Waals surface area contributed by atoms with Crippen LogP contribution in [-0.4, -0.2) is 28.8 Å². The third-order valence-corrected chi connectivity index (χ3v) is 2.91. The summed E-state index contributed by atoms with van der Waals surface area (Å²) in [7, 11) is 0. The monoisotopic (exact) mass is 291 g/mol. The molecule has 0 saturated heterocycles. The maximum Gasteiger partial charge on any atom is 0.416 e. The van der Waals surface area contributed by atoms with Gasteiger partial charge < -0.3 is 15.5 Å². The summed E-state index contributed by atoms with van der Waals surface area (Å²) in [5, 5.41) is 20.7. The summed E-state index contributed by atoms with van der Waals surface area (Å²) in [6, 6.07) is 2.35. The van der Waals surface area contributed by atoms with Crippen LogP contribution in [0.15, 0.2) is 18.2 Å². The fourth-order valence-corrected chi connectivity index (χ4v) is 1.78. The van der Waals surface area contributed by atoms with Crippen molar-refractivity contribution in [1.29, 1.82) is 0 Å². The Bertz CT molecular complexity index is 474. The van der Waals surface area contributed by atoms with Crippen LogP contribution in [0.25, 0.3) is 0 Å². The fourth-order valence-electron chi connectivity index (χ4n) is 1.78. The van der Waals surface area contributed by atoms with Crippen molar-refractivity contribution in [3.05, 3.63) is 29.3 Å². The number of carboxylic acids is 1. The zero-order valence-electron chi connectivity index (χ0n) is 10.9. The molecular weight excluding hydrogens is 275 g/mol. The molecule has 0 aliphatic carbocycles. The van der Waals surface area contributed by atoms with E-state index in [9.17, 15) is 18.0 Å². The molecule has 1 unspecified atom stereocenters. The van der Waals surface area contributed by atoms with E-state index in [0.29, 0.717) is 18.9 Å². The number of alkyl halides is 3. The molecule has 1 aromatic rings. The Labute approximate surface area is 114 Å². The Morgan fingerprint density at radius 3 is 2.50 bits per heavy atom. The first-order chi connectivity index (χ1) is 9.29.